The Morgan fingerprint density at radius 2 is 1.67 bits per heavy atom. The number of aliphatic hydroxyl groups is 1. The van der Waals surface area contributed by atoms with Crippen LogP contribution in [0.4, 0.5) is 0 Å². The molecule has 0 aromatic rings. The van der Waals surface area contributed by atoms with Gasteiger partial charge >= 0.3 is 0 Å². The Kier molecular flexibility index (Phi) is 4.42. The summed E-state index contributed by atoms with van der Waals surface area (Å²) in [5, 5.41) is 9.47. The first-order valence-electron chi connectivity index (χ1n) is 4.35. The summed E-state index contributed by atoms with van der Waals surface area (Å²) in [6.45, 7) is 7.07. The number of ketones is 1. The SMILES string of the molecule is CC(C)C(=O)[C@@H](C)C(O)[C@H](C)N. The topological polar surface area (TPSA) is 63.3 Å². The van der Waals surface area contributed by atoms with Gasteiger partial charge in [-0.1, -0.05) is 20.8 Å². The van der Waals surface area contributed by atoms with Gasteiger partial charge in [0.05, 0.1) is 6.10 Å². The van der Waals surface area contributed by atoms with Crippen LogP contribution in [0.1, 0.15) is 27.7 Å². The summed E-state index contributed by atoms with van der Waals surface area (Å²) >= 11 is 0. The molecule has 0 fully saturated rings. The highest BCUT2D eigenvalue weighted by Gasteiger charge is 2.26. The number of nitrogens with two attached hydrogens (primary N) is 1. The first-order chi connectivity index (χ1) is 5.37. The third-order valence-electron chi connectivity index (χ3n) is 2.07. The summed E-state index contributed by atoms with van der Waals surface area (Å²) in [5.74, 6) is -0.321. The molecule has 0 aliphatic rings. The highest BCUT2D eigenvalue weighted by atomic mass is 16.3. The predicted molar refractivity (Wildman–Crippen MR) is 48.7 cm³/mol. The number of Topliss-reactive ketones (excluding diaryl/α,β-unsaturated/α-hetero) is 1. The van der Waals surface area contributed by atoms with Gasteiger partial charge < -0.3 is 10.8 Å². The summed E-state index contributed by atoms with van der Waals surface area (Å²) in [5.41, 5.74) is 5.47. The highest BCUT2D eigenvalue weighted by Crippen LogP contribution is 2.12. The first-order valence-corrected chi connectivity index (χ1v) is 4.35. The van der Waals surface area contributed by atoms with Crippen LogP contribution in [0.3, 0.4) is 0 Å². The normalized spacial score (nSPS) is 18.9. The van der Waals surface area contributed by atoms with Crippen molar-refractivity contribution in [3.8, 4) is 0 Å². The Morgan fingerprint density at radius 1 is 1.25 bits per heavy atom. The Bertz CT molecular complexity index is 155. The van der Waals surface area contributed by atoms with Crippen molar-refractivity contribution in [2.75, 3.05) is 0 Å². The van der Waals surface area contributed by atoms with E-state index in [0.717, 1.165) is 0 Å². The van der Waals surface area contributed by atoms with Crippen molar-refractivity contribution >= 4 is 5.78 Å². The molecule has 3 heteroatoms. The molecule has 0 aromatic heterocycles. The summed E-state index contributed by atoms with van der Waals surface area (Å²) < 4.78 is 0. The molecule has 3 nitrogen and oxygen atoms in total. The second kappa shape index (κ2) is 4.58. The molecule has 0 amide bonds. The zero-order chi connectivity index (χ0) is 9.89. The van der Waals surface area contributed by atoms with Gasteiger partial charge in [-0.3, -0.25) is 4.79 Å². The Hall–Kier alpha value is -0.410. The zero-order valence-corrected chi connectivity index (χ0v) is 8.24. The second-order valence-corrected chi connectivity index (χ2v) is 3.70. The monoisotopic (exact) mass is 173 g/mol. The van der Waals surface area contributed by atoms with Crippen molar-refractivity contribution in [2.45, 2.75) is 39.8 Å². The molecule has 0 radical (unpaired) electrons. The van der Waals surface area contributed by atoms with Crippen molar-refractivity contribution in [2.24, 2.45) is 17.6 Å². The van der Waals surface area contributed by atoms with E-state index in [-0.39, 0.29) is 23.7 Å². The number of rotatable bonds is 4. The second-order valence-electron chi connectivity index (χ2n) is 3.70. The third-order valence-corrected chi connectivity index (χ3v) is 2.07. The van der Waals surface area contributed by atoms with Gasteiger partial charge in [0.2, 0.25) is 0 Å². The van der Waals surface area contributed by atoms with Gasteiger partial charge in [-0.15, -0.1) is 0 Å². The molecule has 3 atom stereocenters. The lowest BCUT2D eigenvalue weighted by atomic mass is 9.89. The van der Waals surface area contributed by atoms with E-state index in [1.807, 2.05) is 13.8 Å². The van der Waals surface area contributed by atoms with E-state index >= 15 is 0 Å². The Labute approximate surface area is 74.0 Å². The van der Waals surface area contributed by atoms with Crippen LogP contribution < -0.4 is 5.73 Å². The minimum atomic E-state index is -0.722. The van der Waals surface area contributed by atoms with Crippen molar-refractivity contribution in [3.05, 3.63) is 0 Å². The molecule has 0 aromatic carbocycles. The maximum atomic E-state index is 11.4. The molecule has 0 spiro atoms. The third kappa shape index (κ3) is 2.91. The number of hydrogen-bond acceptors (Lipinski definition) is 3. The Balaban J connectivity index is 4.19. The van der Waals surface area contributed by atoms with Crippen LogP contribution >= 0.6 is 0 Å². The molecule has 0 aliphatic heterocycles. The van der Waals surface area contributed by atoms with Gasteiger partial charge in [-0.2, -0.15) is 0 Å². The molecule has 0 rings (SSSR count). The van der Waals surface area contributed by atoms with E-state index in [1.54, 1.807) is 13.8 Å². The average molecular weight is 173 g/mol. The van der Waals surface area contributed by atoms with E-state index in [9.17, 15) is 9.90 Å². The molecular weight excluding hydrogens is 154 g/mol. The molecule has 0 heterocycles. The van der Waals surface area contributed by atoms with Crippen LogP contribution in [0.25, 0.3) is 0 Å². The highest BCUT2D eigenvalue weighted by molar-refractivity contribution is 5.83. The van der Waals surface area contributed by atoms with Crippen molar-refractivity contribution in [1.82, 2.24) is 0 Å². The average Bonchev–Trinajstić information content (AvgIpc) is 2.00. The lowest BCUT2D eigenvalue weighted by Crippen LogP contribution is -2.40. The minimum absolute atomic E-state index is 0.0339. The molecule has 72 valence electrons. The van der Waals surface area contributed by atoms with Crippen LogP contribution in [0, 0.1) is 11.8 Å². The van der Waals surface area contributed by atoms with Gasteiger partial charge in [0.25, 0.3) is 0 Å². The molecule has 0 saturated carbocycles. The van der Waals surface area contributed by atoms with E-state index in [2.05, 4.69) is 0 Å². The molecule has 0 aliphatic carbocycles. The fraction of sp³-hybridized carbons (Fsp3) is 0.889. The molecule has 1 unspecified atom stereocenters. The fourth-order valence-electron chi connectivity index (χ4n) is 1.15. The number of aliphatic hydroxyl groups excluding tert-OH is 1. The van der Waals surface area contributed by atoms with Crippen molar-refractivity contribution in [3.63, 3.8) is 0 Å². The van der Waals surface area contributed by atoms with Crippen molar-refractivity contribution < 1.29 is 9.90 Å². The van der Waals surface area contributed by atoms with Gasteiger partial charge in [0.1, 0.15) is 5.78 Å². The number of carbonyl (C=O) groups excluding carboxylic acids is 1. The molecule has 3 N–H and O–H groups in total. The lowest BCUT2D eigenvalue weighted by Gasteiger charge is -2.22. The van der Waals surface area contributed by atoms with E-state index in [4.69, 9.17) is 5.73 Å². The predicted octanol–water partition coefficient (Wildman–Crippen LogP) is 0.556. The number of hydrogen-bond donors (Lipinski definition) is 2. The van der Waals surface area contributed by atoms with Gasteiger partial charge in [0.15, 0.2) is 0 Å². The maximum Gasteiger partial charge on any atom is 0.140 e. The molecule has 0 bridgehead atoms. The summed E-state index contributed by atoms with van der Waals surface area (Å²) in [4.78, 5) is 11.4. The summed E-state index contributed by atoms with van der Waals surface area (Å²) in [7, 11) is 0. The molecule has 12 heavy (non-hydrogen) atoms. The lowest BCUT2D eigenvalue weighted by molar-refractivity contribution is -0.129. The number of carbonyl (C=O) groups is 1. The van der Waals surface area contributed by atoms with Crippen LogP contribution in [-0.4, -0.2) is 23.0 Å². The quantitative estimate of drug-likeness (QED) is 0.652. The largest absolute Gasteiger partial charge is 0.391 e. The first kappa shape index (κ1) is 11.6. The van der Waals surface area contributed by atoms with Crippen LogP contribution in [0.15, 0.2) is 0 Å². The van der Waals surface area contributed by atoms with E-state index in [1.165, 1.54) is 0 Å². The Morgan fingerprint density at radius 3 is 1.92 bits per heavy atom. The summed E-state index contributed by atoms with van der Waals surface area (Å²) in [6.07, 6.45) is -0.722. The smallest absolute Gasteiger partial charge is 0.140 e. The molecular formula is C9H19NO2. The van der Waals surface area contributed by atoms with Gasteiger partial charge in [-0.05, 0) is 6.92 Å². The van der Waals surface area contributed by atoms with Crippen LogP contribution in [0.2, 0.25) is 0 Å². The minimum Gasteiger partial charge on any atom is -0.391 e. The standard InChI is InChI=1S/C9H19NO2/c1-5(2)8(11)6(3)9(12)7(4)10/h5-7,9,12H,10H2,1-4H3/t6-,7+,9?/m1/s1. The van der Waals surface area contributed by atoms with E-state index < -0.39 is 6.10 Å². The van der Waals surface area contributed by atoms with Crippen molar-refractivity contribution in [1.29, 1.82) is 0 Å². The zero-order valence-electron chi connectivity index (χ0n) is 8.24. The molecule has 0 saturated heterocycles. The van der Waals surface area contributed by atoms with Gasteiger partial charge in [0, 0.05) is 17.9 Å². The fourth-order valence-corrected chi connectivity index (χ4v) is 1.15. The maximum absolute atomic E-state index is 11.4. The summed E-state index contributed by atoms with van der Waals surface area (Å²) in [6, 6.07) is -0.345. The van der Waals surface area contributed by atoms with E-state index in [0.29, 0.717) is 0 Å². The van der Waals surface area contributed by atoms with Crippen LogP contribution in [0.5, 0.6) is 0 Å². The van der Waals surface area contributed by atoms with Gasteiger partial charge in [-0.25, -0.2) is 0 Å². The van der Waals surface area contributed by atoms with Crippen LogP contribution in [-0.2, 0) is 4.79 Å².